The number of piperidine rings is 1. The predicted molar refractivity (Wildman–Crippen MR) is 153 cm³/mol. The van der Waals surface area contributed by atoms with Gasteiger partial charge in [-0.3, -0.25) is 4.79 Å². The Bertz CT molecular complexity index is 1300. The monoisotopic (exact) mass is 589 g/mol. The van der Waals surface area contributed by atoms with Crippen molar-refractivity contribution in [1.29, 1.82) is 0 Å². The Balaban J connectivity index is 1.11. The molecule has 2 fully saturated rings. The molecule has 0 unspecified atom stereocenters. The van der Waals surface area contributed by atoms with Crippen LogP contribution in [0.15, 0.2) is 65.8 Å². The summed E-state index contributed by atoms with van der Waals surface area (Å²) in [4.78, 5) is 27.7. The van der Waals surface area contributed by atoms with Gasteiger partial charge < -0.3 is 14.7 Å². The highest BCUT2D eigenvalue weighted by atomic mass is 35.5. The summed E-state index contributed by atoms with van der Waals surface area (Å²) in [6.45, 7) is 3.60. The van der Waals surface area contributed by atoms with E-state index < -0.39 is 11.7 Å². The first-order chi connectivity index (χ1) is 19.2. The number of carbonyl (C=O) groups excluding carboxylic acids is 1. The second-order valence-corrected chi connectivity index (χ2v) is 11.5. The highest BCUT2D eigenvalue weighted by Gasteiger charge is 2.31. The summed E-state index contributed by atoms with van der Waals surface area (Å²) in [5, 5.41) is 0.811. The molecule has 212 valence electrons. The van der Waals surface area contributed by atoms with Gasteiger partial charge in [-0.15, -0.1) is 0 Å². The first-order valence-electron chi connectivity index (χ1n) is 13.4. The molecule has 2 aliphatic rings. The lowest BCUT2D eigenvalue weighted by molar-refractivity contribution is -0.137. The van der Waals surface area contributed by atoms with Crippen molar-refractivity contribution in [2.24, 2.45) is 5.92 Å². The fraction of sp³-hybridized carbons (Fsp3) is 0.414. The summed E-state index contributed by atoms with van der Waals surface area (Å²) in [5.74, 6) is 1.53. The van der Waals surface area contributed by atoms with Gasteiger partial charge in [0, 0.05) is 51.0 Å². The van der Waals surface area contributed by atoms with Crippen LogP contribution in [-0.4, -0.2) is 65.8 Å². The molecule has 2 saturated heterocycles. The highest BCUT2D eigenvalue weighted by molar-refractivity contribution is 7.99. The molecule has 0 N–H and O–H groups in total. The van der Waals surface area contributed by atoms with E-state index in [1.54, 1.807) is 17.0 Å². The molecule has 2 aromatic carbocycles. The Hall–Kier alpha value is -2.98. The largest absolute Gasteiger partial charge is 0.416 e. The van der Waals surface area contributed by atoms with Crippen molar-refractivity contribution in [3.63, 3.8) is 0 Å². The molecular weight excluding hydrogens is 559 g/mol. The second kappa shape index (κ2) is 12.7. The number of thioether (sulfide) groups is 1. The number of alkyl halides is 3. The zero-order valence-electron chi connectivity index (χ0n) is 22.0. The molecule has 11 heteroatoms. The van der Waals surface area contributed by atoms with Crippen LogP contribution in [0.25, 0.3) is 0 Å². The van der Waals surface area contributed by atoms with Crippen LogP contribution in [0.5, 0.6) is 0 Å². The van der Waals surface area contributed by atoms with Crippen molar-refractivity contribution in [2.75, 3.05) is 54.8 Å². The Morgan fingerprint density at radius 3 is 2.33 bits per heavy atom. The van der Waals surface area contributed by atoms with E-state index in [1.807, 2.05) is 11.0 Å². The second-order valence-electron chi connectivity index (χ2n) is 10.2. The first kappa shape index (κ1) is 28.5. The summed E-state index contributed by atoms with van der Waals surface area (Å²) in [6, 6.07) is 17.6. The standard InChI is InChI=1S/C29H31ClF3N5OS/c30-25-19-26(37-11-9-22(10-12-37)17-21-5-2-1-3-6-21)35-28(34-25)40-20-27(39)38-15-13-36(14-16-38)24-8-4-7-23(18-24)29(31,32)33/h1-8,18-19,22H,9-17,20H2. The third-order valence-electron chi connectivity index (χ3n) is 7.46. The van der Waals surface area contributed by atoms with E-state index in [0.29, 0.717) is 48.1 Å². The van der Waals surface area contributed by atoms with Crippen LogP contribution >= 0.6 is 23.4 Å². The molecule has 5 rings (SSSR count). The number of nitrogens with zero attached hydrogens (tertiary/aromatic N) is 5. The van der Waals surface area contributed by atoms with Crippen LogP contribution in [0.1, 0.15) is 24.0 Å². The molecule has 0 atom stereocenters. The van der Waals surface area contributed by atoms with Gasteiger partial charge in [0.1, 0.15) is 11.0 Å². The van der Waals surface area contributed by atoms with Crippen LogP contribution < -0.4 is 9.80 Å². The number of benzene rings is 2. The van der Waals surface area contributed by atoms with Gasteiger partial charge >= 0.3 is 6.18 Å². The van der Waals surface area contributed by atoms with E-state index in [4.69, 9.17) is 11.6 Å². The SMILES string of the molecule is O=C(CSc1nc(Cl)cc(N2CCC(Cc3ccccc3)CC2)n1)N1CCN(c2cccc(C(F)(F)F)c2)CC1. The lowest BCUT2D eigenvalue weighted by Crippen LogP contribution is -2.49. The van der Waals surface area contributed by atoms with E-state index in [-0.39, 0.29) is 11.7 Å². The minimum atomic E-state index is -4.38. The van der Waals surface area contributed by atoms with Crippen molar-refractivity contribution in [3.05, 3.63) is 76.9 Å². The van der Waals surface area contributed by atoms with Gasteiger partial charge in [-0.05, 0) is 48.9 Å². The average molecular weight is 590 g/mol. The Morgan fingerprint density at radius 2 is 1.62 bits per heavy atom. The Kier molecular flexibility index (Phi) is 9.05. The minimum Gasteiger partial charge on any atom is -0.368 e. The molecule has 0 radical (unpaired) electrons. The lowest BCUT2D eigenvalue weighted by atomic mass is 9.90. The average Bonchev–Trinajstić information content (AvgIpc) is 2.96. The molecule has 3 heterocycles. The zero-order chi connectivity index (χ0) is 28.1. The Labute approximate surface area is 241 Å². The highest BCUT2D eigenvalue weighted by Crippen LogP contribution is 2.32. The van der Waals surface area contributed by atoms with E-state index in [0.717, 1.165) is 50.3 Å². The number of carbonyl (C=O) groups is 1. The van der Waals surface area contributed by atoms with Crippen molar-refractivity contribution in [3.8, 4) is 0 Å². The molecule has 40 heavy (non-hydrogen) atoms. The number of aromatic nitrogens is 2. The quantitative estimate of drug-likeness (QED) is 0.190. The maximum Gasteiger partial charge on any atom is 0.416 e. The zero-order valence-corrected chi connectivity index (χ0v) is 23.6. The number of rotatable bonds is 7. The minimum absolute atomic E-state index is 0.0551. The molecule has 0 spiro atoms. The number of hydrogen-bond acceptors (Lipinski definition) is 6. The van der Waals surface area contributed by atoms with E-state index in [2.05, 4.69) is 39.1 Å². The van der Waals surface area contributed by atoms with Gasteiger partial charge in [0.2, 0.25) is 5.91 Å². The molecule has 3 aromatic rings. The van der Waals surface area contributed by atoms with Crippen LogP contribution in [0.2, 0.25) is 5.15 Å². The van der Waals surface area contributed by atoms with Gasteiger partial charge in [-0.1, -0.05) is 59.8 Å². The van der Waals surface area contributed by atoms with Gasteiger partial charge in [0.05, 0.1) is 11.3 Å². The lowest BCUT2D eigenvalue weighted by Gasteiger charge is -2.36. The molecular formula is C29H31ClF3N5OS. The molecule has 2 aliphatic heterocycles. The third-order valence-corrected chi connectivity index (χ3v) is 8.49. The van der Waals surface area contributed by atoms with E-state index >= 15 is 0 Å². The normalized spacial score (nSPS) is 16.9. The van der Waals surface area contributed by atoms with Crippen molar-refractivity contribution >= 4 is 40.8 Å². The number of halogens is 4. The van der Waals surface area contributed by atoms with Gasteiger partial charge in [-0.25, -0.2) is 9.97 Å². The van der Waals surface area contributed by atoms with Crippen LogP contribution in [-0.2, 0) is 17.4 Å². The molecule has 0 bridgehead atoms. The van der Waals surface area contributed by atoms with Crippen molar-refractivity contribution in [2.45, 2.75) is 30.6 Å². The topological polar surface area (TPSA) is 52.6 Å². The number of hydrogen-bond donors (Lipinski definition) is 0. The summed E-state index contributed by atoms with van der Waals surface area (Å²) < 4.78 is 39.2. The predicted octanol–water partition coefficient (Wildman–Crippen LogP) is 6.05. The van der Waals surface area contributed by atoms with Crippen molar-refractivity contribution < 1.29 is 18.0 Å². The van der Waals surface area contributed by atoms with Crippen LogP contribution in [0.4, 0.5) is 24.7 Å². The Morgan fingerprint density at radius 1 is 0.900 bits per heavy atom. The van der Waals surface area contributed by atoms with Crippen LogP contribution in [0.3, 0.4) is 0 Å². The number of anilines is 2. The molecule has 1 amide bonds. The number of piperazine rings is 1. The van der Waals surface area contributed by atoms with E-state index in [1.165, 1.54) is 23.4 Å². The first-order valence-corrected chi connectivity index (χ1v) is 14.8. The molecule has 0 saturated carbocycles. The maximum absolute atomic E-state index is 13.1. The maximum atomic E-state index is 13.1. The third kappa shape index (κ3) is 7.40. The van der Waals surface area contributed by atoms with Gasteiger partial charge in [0.25, 0.3) is 0 Å². The molecule has 0 aliphatic carbocycles. The van der Waals surface area contributed by atoms with Crippen LogP contribution in [0, 0.1) is 5.92 Å². The smallest absolute Gasteiger partial charge is 0.368 e. The molecule has 1 aromatic heterocycles. The summed E-state index contributed by atoms with van der Waals surface area (Å²) in [6.07, 6.45) is -1.16. The fourth-order valence-electron chi connectivity index (χ4n) is 5.24. The summed E-state index contributed by atoms with van der Waals surface area (Å²) >= 11 is 7.58. The number of amides is 1. The van der Waals surface area contributed by atoms with E-state index in [9.17, 15) is 18.0 Å². The van der Waals surface area contributed by atoms with Gasteiger partial charge in [-0.2, -0.15) is 13.2 Å². The van der Waals surface area contributed by atoms with Gasteiger partial charge in [0.15, 0.2) is 5.16 Å². The van der Waals surface area contributed by atoms with Crippen molar-refractivity contribution in [1.82, 2.24) is 14.9 Å². The summed E-state index contributed by atoms with van der Waals surface area (Å²) in [7, 11) is 0. The summed E-state index contributed by atoms with van der Waals surface area (Å²) in [5.41, 5.74) is 1.21. The fourth-order valence-corrected chi connectivity index (χ4v) is 6.22. The molecule has 6 nitrogen and oxygen atoms in total.